The third kappa shape index (κ3) is 2.59. The number of anilines is 1. The van der Waals surface area contributed by atoms with Crippen molar-refractivity contribution in [3.05, 3.63) is 52.1 Å². The van der Waals surface area contributed by atoms with E-state index in [1.165, 1.54) is 11.1 Å². The molecule has 1 aliphatic rings. The molecule has 0 amide bonds. The van der Waals surface area contributed by atoms with Gasteiger partial charge in [0, 0.05) is 17.2 Å². The highest BCUT2D eigenvalue weighted by atomic mass is 79.9. The van der Waals surface area contributed by atoms with Crippen molar-refractivity contribution >= 4 is 21.7 Å². The van der Waals surface area contributed by atoms with Gasteiger partial charge in [0.25, 0.3) is 0 Å². The molecule has 1 aliphatic heterocycles. The fraction of sp³-hybridized carbons (Fsp3) is 0.267. The van der Waals surface area contributed by atoms with E-state index in [0.717, 1.165) is 29.1 Å². The average Bonchev–Trinajstić information content (AvgIpc) is 2.41. The van der Waals surface area contributed by atoms with Crippen molar-refractivity contribution in [2.75, 3.05) is 18.1 Å². The minimum absolute atomic E-state index is 0.705. The first-order valence-electron chi connectivity index (χ1n) is 6.32. The van der Waals surface area contributed by atoms with E-state index in [0.29, 0.717) is 6.61 Å². The molecular weight excluding hydrogens is 304 g/mol. The predicted octanol–water partition coefficient (Wildman–Crippen LogP) is 3.55. The fourth-order valence-electron chi connectivity index (χ4n) is 2.28. The molecule has 0 atom stereocenters. The Morgan fingerprint density at radius 2 is 2.21 bits per heavy atom. The Morgan fingerprint density at radius 3 is 3.05 bits per heavy atom. The maximum Gasteiger partial charge on any atom is 0.171 e. The molecule has 4 heteroatoms. The number of nitrogens with zero attached hydrogens (tertiary/aromatic N) is 2. The van der Waals surface area contributed by atoms with Crippen molar-refractivity contribution in [2.45, 2.75) is 13.5 Å². The van der Waals surface area contributed by atoms with Crippen LogP contribution in [-0.2, 0) is 6.54 Å². The minimum Gasteiger partial charge on any atom is -0.488 e. The monoisotopic (exact) mass is 318 g/mol. The zero-order chi connectivity index (χ0) is 13.2. The van der Waals surface area contributed by atoms with Crippen molar-refractivity contribution in [1.82, 2.24) is 4.98 Å². The number of ether oxygens (including phenoxy) is 1. The van der Waals surface area contributed by atoms with Crippen LogP contribution in [0.5, 0.6) is 5.75 Å². The lowest BCUT2D eigenvalue weighted by atomic mass is 10.1. The second-order valence-electron chi connectivity index (χ2n) is 4.67. The molecule has 2 aromatic rings. The van der Waals surface area contributed by atoms with Gasteiger partial charge in [-0.3, -0.25) is 0 Å². The standard InChI is InChI=1S/C15H15BrN2O/c1-11-4-2-3-5-12(11)10-18-6-7-19-14-8-13(16)9-17-15(14)18/h2-5,8-9H,6-7,10H2,1H3. The molecule has 2 heterocycles. The summed E-state index contributed by atoms with van der Waals surface area (Å²) in [5.41, 5.74) is 2.65. The number of hydrogen-bond donors (Lipinski definition) is 0. The summed E-state index contributed by atoms with van der Waals surface area (Å²) in [6, 6.07) is 10.4. The van der Waals surface area contributed by atoms with Crippen LogP contribution in [0.15, 0.2) is 41.0 Å². The second-order valence-corrected chi connectivity index (χ2v) is 5.59. The largest absolute Gasteiger partial charge is 0.488 e. The van der Waals surface area contributed by atoms with Crippen molar-refractivity contribution in [3.63, 3.8) is 0 Å². The average molecular weight is 319 g/mol. The van der Waals surface area contributed by atoms with E-state index in [-0.39, 0.29) is 0 Å². The van der Waals surface area contributed by atoms with Crippen LogP contribution in [0.25, 0.3) is 0 Å². The summed E-state index contributed by atoms with van der Waals surface area (Å²) in [7, 11) is 0. The summed E-state index contributed by atoms with van der Waals surface area (Å²) >= 11 is 3.43. The number of rotatable bonds is 2. The lowest BCUT2D eigenvalue weighted by Gasteiger charge is -2.30. The van der Waals surface area contributed by atoms with Crippen molar-refractivity contribution in [1.29, 1.82) is 0 Å². The Labute approximate surface area is 121 Å². The van der Waals surface area contributed by atoms with Gasteiger partial charge in [0.1, 0.15) is 6.61 Å². The van der Waals surface area contributed by atoms with Gasteiger partial charge in [0.15, 0.2) is 11.6 Å². The van der Waals surface area contributed by atoms with E-state index in [9.17, 15) is 0 Å². The number of halogens is 1. The van der Waals surface area contributed by atoms with Gasteiger partial charge in [0.2, 0.25) is 0 Å². The Morgan fingerprint density at radius 1 is 1.37 bits per heavy atom. The number of pyridine rings is 1. The smallest absolute Gasteiger partial charge is 0.171 e. The quantitative estimate of drug-likeness (QED) is 0.846. The van der Waals surface area contributed by atoms with Crippen LogP contribution in [0, 0.1) is 6.92 Å². The Hall–Kier alpha value is -1.55. The lowest BCUT2D eigenvalue weighted by Crippen LogP contribution is -2.33. The molecule has 0 saturated heterocycles. The van der Waals surface area contributed by atoms with Crippen LogP contribution in [0.1, 0.15) is 11.1 Å². The van der Waals surface area contributed by atoms with Crippen LogP contribution in [0.2, 0.25) is 0 Å². The molecule has 1 aromatic carbocycles. The zero-order valence-electron chi connectivity index (χ0n) is 10.8. The van der Waals surface area contributed by atoms with Gasteiger partial charge in [-0.2, -0.15) is 0 Å². The molecule has 19 heavy (non-hydrogen) atoms. The number of aromatic nitrogens is 1. The highest BCUT2D eigenvalue weighted by Crippen LogP contribution is 2.32. The summed E-state index contributed by atoms with van der Waals surface area (Å²) in [5.74, 6) is 1.78. The molecule has 0 aliphatic carbocycles. The Balaban J connectivity index is 1.90. The van der Waals surface area contributed by atoms with Gasteiger partial charge in [0.05, 0.1) is 6.54 Å². The van der Waals surface area contributed by atoms with E-state index in [1.54, 1.807) is 0 Å². The van der Waals surface area contributed by atoms with Gasteiger partial charge in [-0.05, 0) is 40.0 Å². The molecular formula is C15H15BrN2O. The zero-order valence-corrected chi connectivity index (χ0v) is 12.4. The molecule has 98 valence electrons. The summed E-state index contributed by atoms with van der Waals surface area (Å²) < 4.78 is 6.62. The predicted molar refractivity (Wildman–Crippen MR) is 79.7 cm³/mol. The number of aryl methyl sites for hydroxylation is 1. The minimum atomic E-state index is 0.705. The summed E-state index contributed by atoms with van der Waals surface area (Å²) in [6.07, 6.45) is 1.82. The summed E-state index contributed by atoms with van der Waals surface area (Å²) in [5, 5.41) is 0. The molecule has 0 saturated carbocycles. The van der Waals surface area contributed by atoms with E-state index >= 15 is 0 Å². The first-order chi connectivity index (χ1) is 9.24. The number of hydrogen-bond acceptors (Lipinski definition) is 3. The molecule has 0 bridgehead atoms. The second kappa shape index (κ2) is 5.21. The SMILES string of the molecule is Cc1ccccc1CN1CCOc2cc(Br)cnc21. The van der Waals surface area contributed by atoms with Crippen LogP contribution >= 0.6 is 15.9 Å². The molecule has 0 radical (unpaired) electrons. The molecule has 0 fully saturated rings. The van der Waals surface area contributed by atoms with E-state index in [4.69, 9.17) is 4.74 Å². The normalized spacial score (nSPS) is 13.9. The lowest BCUT2D eigenvalue weighted by molar-refractivity contribution is 0.304. The summed E-state index contributed by atoms with van der Waals surface area (Å²) in [4.78, 5) is 6.75. The fourth-order valence-corrected chi connectivity index (χ4v) is 2.59. The molecule has 0 spiro atoms. The van der Waals surface area contributed by atoms with Crippen LogP contribution < -0.4 is 9.64 Å². The molecule has 3 nitrogen and oxygen atoms in total. The number of fused-ring (bicyclic) bond motifs is 1. The van der Waals surface area contributed by atoms with E-state index < -0.39 is 0 Å². The van der Waals surface area contributed by atoms with E-state index in [2.05, 4.69) is 57.0 Å². The third-order valence-corrected chi connectivity index (χ3v) is 3.77. The molecule has 1 aromatic heterocycles. The van der Waals surface area contributed by atoms with Crippen LogP contribution in [-0.4, -0.2) is 18.1 Å². The maximum absolute atomic E-state index is 5.67. The van der Waals surface area contributed by atoms with Gasteiger partial charge in [-0.25, -0.2) is 4.98 Å². The first kappa shape index (κ1) is 12.5. The van der Waals surface area contributed by atoms with Crippen molar-refractivity contribution in [2.24, 2.45) is 0 Å². The highest BCUT2D eigenvalue weighted by Gasteiger charge is 2.20. The van der Waals surface area contributed by atoms with Gasteiger partial charge < -0.3 is 9.64 Å². The highest BCUT2D eigenvalue weighted by molar-refractivity contribution is 9.10. The van der Waals surface area contributed by atoms with Crippen LogP contribution in [0.4, 0.5) is 5.82 Å². The van der Waals surface area contributed by atoms with Crippen molar-refractivity contribution < 1.29 is 4.74 Å². The molecule has 0 unspecified atom stereocenters. The van der Waals surface area contributed by atoms with Crippen LogP contribution in [0.3, 0.4) is 0 Å². The van der Waals surface area contributed by atoms with Crippen molar-refractivity contribution in [3.8, 4) is 5.75 Å². The topological polar surface area (TPSA) is 25.4 Å². The maximum atomic E-state index is 5.67. The number of benzene rings is 1. The Bertz CT molecular complexity index is 600. The van der Waals surface area contributed by atoms with E-state index in [1.807, 2.05) is 12.3 Å². The Kier molecular flexibility index (Phi) is 3.42. The molecule has 0 N–H and O–H groups in total. The van der Waals surface area contributed by atoms with Gasteiger partial charge in [-0.15, -0.1) is 0 Å². The third-order valence-electron chi connectivity index (χ3n) is 3.34. The first-order valence-corrected chi connectivity index (χ1v) is 7.11. The van der Waals surface area contributed by atoms with Gasteiger partial charge in [-0.1, -0.05) is 24.3 Å². The summed E-state index contributed by atoms with van der Waals surface area (Å²) in [6.45, 7) is 4.59. The van der Waals surface area contributed by atoms with Gasteiger partial charge >= 0.3 is 0 Å². The molecule has 3 rings (SSSR count).